The average molecular weight is 245 g/mol. The zero-order chi connectivity index (χ0) is 13.0. The van der Waals surface area contributed by atoms with Gasteiger partial charge >= 0.3 is 0 Å². The smallest absolute Gasteiger partial charge is 0.211 e. The number of rotatable bonds is 4. The average Bonchev–Trinajstić information content (AvgIpc) is 2.37. The van der Waals surface area contributed by atoms with Gasteiger partial charge in [-0.15, -0.1) is 0 Å². The Balaban J connectivity index is 2.27. The number of aryl methyl sites for hydroxylation is 1. The SMILES string of the molecule is Cc1cc(Oc2ccccc2NC=O)ccc1F. The number of carbonyl (C=O) groups excluding carboxylic acids is 1. The normalized spacial score (nSPS) is 9.89. The molecule has 2 aromatic rings. The van der Waals surface area contributed by atoms with E-state index in [1.165, 1.54) is 6.07 Å². The van der Waals surface area contributed by atoms with Crippen molar-refractivity contribution in [2.75, 3.05) is 5.32 Å². The number of hydrogen-bond acceptors (Lipinski definition) is 2. The summed E-state index contributed by atoms with van der Waals surface area (Å²) in [6.07, 6.45) is 0.581. The minimum Gasteiger partial charge on any atom is -0.455 e. The maximum absolute atomic E-state index is 13.1. The van der Waals surface area contributed by atoms with Crippen LogP contribution in [0.5, 0.6) is 11.5 Å². The second-order valence-corrected chi connectivity index (χ2v) is 3.77. The molecule has 18 heavy (non-hydrogen) atoms. The minimum absolute atomic E-state index is 0.276. The molecule has 0 fully saturated rings. The molecule has 0 aromatic heterocycles. The number of anilines is 1. The van der Waals surface area contributed by atoms with Gasteiger partial charge in [0.1, 0.15) is 11.6 Å². The van der Waals surface area contributed by atoms with Crippen molar-refractivity contribution in [3.8, 4) is 11.5 Å². The van der Waals surface area contributed by atoms with E-state index in [1.807, 2.05) is 0 Å². The van der Waals surface area contributed by atoms with Crippen LogP contribution in [0.3, 0.4) is 0 Å². The molecule has 1 N–H and O–H groups in total. The van der Waals surface area contributed by atoms with Crippen LogP contribution >= 0.6 is 0 Å². The first-order valence-electron chi connectivity index (χ1n) is 5.44. The zero-order valence-corrected chi connectivity index (χ0v) is 9.81. The van der Waals surface area contributed by atoms with Crippen LogP contribution in [-0.4, -0.2) is 6.41 Å². The summed E-state index contributed by atoms with van der Waals surface area (Å²) in [5.74, 6) is 0.756. The number of hydrogen-bond donors (Lipinski definition) is 1. The number of ether oxygens (including phenoxy) is 1. The van der Waals surface area contributed by atoms with Crippen LogP contribution in [0.4, 0.5) is 10.1 Å². The molecule has 0 heterocycles. The lowest BCUT2D eigenvalue weighted by Crippen LogP contribution is -1.97. The molecule has 1 amide bonds. The first kappa shape index (κ1) is 12.1. The van der Waals surface area contributed by atoms with Crippen LogP contribution in [-0.2, 0) is 4.79 Å². The fourth-order valence-electron chi connectivity index (χ4n) is 1.55. The van der Waals surface area contributed by atoms with Crippen molar-refractivity contribution < 1.29 is 13.9 Å². The van der Waals surface area contributed by atoms with Gasteiger partial charge in [0.25, 0.3) is 0 Å². The molecule has 0 bridgehead atoms. The number of benzene rings is 2. The van der Waals surface area contributed by atoms with E-state index in [-0.39, 0.29) is 5.82 Å². The molecule has 2 aromatic carbocycles. The van der Waals surface area contributed by atoms with Gasteiger partial charge in [-0.2, -0.15) is 0 Å². The summed E-state index contributed by atoms with van der Waals surface area (Å²) in [6.45, 7) is 1.66. The molecule has 0 aliphatic carbocycles. The summed E-state index contributed by atoms with van der Waals surface area (Å²) in [7, 11) is 0. The first-order valence-corrected chi connectivity index (χ1v) is 5.44. The first-order chi connectivity index (χ1) is 8.70. The van der Waals surface area contributed by atoms with E-state index in [4.69, 9.17) is 4.74 Å². The van der Waals surface area contributed by atoms with Gasteiger partial charge in [0.05, 0.1) is 5.69 Å². The zero-order valence-electron chi connectivity index (χ0n) is 9.81. The van der Waals surface area contributed by atoms with Gasteiger partial charge in [0.15, 0.2) is 5.75 Å². The molecule has 0 aliphatic rings. The van der Waals surface area contributed by atoms with Gasteiger partial charge in [0, 0.05) is 0 Å². The monoisotopic (exact) mass is 245 g/mol. The summed E-state index contributed by atoms with van der Waals surface area (Å²) >= 11 is 0. The molecular weight excluding hydrogens is 233 g/mol. The van der Waals surface area contributed by atoms with Crippen molar-refractivity contribution in [3.05, 3.63) is 53.8 Å². The Labute approximate surface area is 104 Å². The van der Waals surface area contributed by atoms with Crippen LogP contribution in [0, 0.1) is 12.7 Å². The highest BCUT2D eigenvalue weighted by Crippen LogP contribution is 2.29. The fourth-order valence-corrected chi connectivity index (χ4v) is 1.55. The predicted molar refractivity (Wildman–Crippen MR) is 67.3 cm³/mol. The Hall–Kier alpha value is -2.36. The van der Waals surface area contributed by atoms with Gasteiger partial charge in [-0.1, -0.05) is 12.1 Å². The van der Waals surface area contributed by atoms with E-state index in [9.17, 15) is 9.18 Å². The lowest BCUT2D eigenvalue weighted by atomic mass is 10.2. The molecule has 0 spiro atoms. The Kier molecular flexibility index (Phi) is 3.57. The molecule has 2 rings (SSSR count). The van der Waals surface area contributed by atoms with Crippen molar-refractivity contribution in [1.29, 1.82) is 0 Å². The van der Waals surface area contributed by atoms with Crippen LogP contribution in [0.1, 0.15) is 5.56 Å². The quantitative estimate of drug-likeness (QED) is 0.837. The van der Waals surface area contributed by atoms with Crippen LogP contribution in [0.25, 0.3) is 0 Å². The highest BCUT2D eigenvalue weighted by atomic mass is 19.1. The molecule has 4 heteroatoms. The minimum atomic E-state index is -0.276. The Morgan fingerprint density at radius 2 is 2.00 bits per heavy atom. The molecule has 0 radical (unpaired) electrons. The second kappa shape index (κ2) is 5.31. The van der Waals surface area contributed by atoms with Crippen molar-refractivity contribution in [1.82, 2.24) is 0 Å². The van der Waals surface area contributed by atoms with E-state index < -0.39 is 0 Å². The van der Waals surface area contributed by atoms with E-state index in [0.29, 0.717) is 29.2 Å². The topological polar surface area (TPSA) is 38.3 Å². The van der Waals surface area contributed by atoms with Gasteiger partial charge < -0.3 is 10.1 Å². The Bertz CT molecular complexity index is 569. The van der Waals surface area contributed by atoms with Crippen molar-refractivity contribution >= 4 is 12.1 Å². The summed E-state index contributed by atoms with van der Waals surface area (Å²) in [5.41, 5.74) is 1.07. The summed E-state index contributed by atoms with van der Waals surface area (Å²) in [5, 5.41) is 2.54. The molecule has 0 aliphatic heterocycles. The number of carbonyl (C=O) groups is 1. The summed E-state index contributed by atoms with van der Waals surface area (Å²) in [6, 6.07) is 11.5. The molecular formula is C14H12FNO2. The van der Waals surface area contributed by atoms with Crippen LogP contribution < -0.4 is 10.1 Å². The molecule has 92 valence electrons. The van der Waals surface area contributed by atoms with Gasteiger partial charge in [0.2, 0.25) is 6.41 Å². The highest BCUT2D eigenvalue weighted by molar-refractivity contribution is 5.75. The van der Waals surface area contributed by atoms with Gasteiger partial charge in [-0.25, -0.2) is 4.39 Å². The number of nitrogens with one attached hydrogen (secondary N) is 1. The fraction of sp³-hybridized carbons (Fsp3) is 0.0714. The lowest BCUT2D eigenvalue weighted by molar-refractivity contribution is -0.105. The van der Waals surface area contributed by atoms with Crippen LogP contribution in [0.2, 0.25) is 0 Å². The maximum Gasteiger partial charge on any atom is 0.211 e. The Morgan fingerprint density at radius 1 is 1.22 bits per heavy atom. The maximum atomic E-state index is 13.1. The van der Waals surface area contributed by atoms with Gasteiger partial charge in [-0.3, -0.25) is 4.79 Å². The largest absolute Gasteiger partial charge is 0.455 e. The second-order valence-electron chi connectivity index (χ2n) is 3.77. The summed E-state index contributed by atoms with van der Waals surface area (Å²) in [4.78, 5) is 10.5. The van der Waals surface area contributed by atoms with Crippen LogP contribution in [0.15, 0.2) is 42.5 Å². The third kappa shape index (κ3) is 2.66. The predicted octanol–water partition coefficient (Wildman–Crippen LogP) is 3.49. The molecule has 0 saturated heterocycles. The third-order valence-electron chi connectivity index (χ3n) is 2.46. The highest BCUT2D eigenvalue weighted by Gasteiger charge is 2.05. The number of halogens is 1. The van der Waals surface area contributed by atoms with E-state index >= 15 is 0 Å². The standard InChI is InChI=1S/C14H12FNO2/c1-10-8-11(6-7-12(10)15)18-14-5-3-2-4-13(14)16-9-17/h2-9H,1H3,(H,16,17). The van der Waals surface area contributed by atoms with E-state index in [1.54, 1.807) is 43.3 Å². The van der Waals surface area contributed by atoms with Crippen molar-refractivity contribution in [3.63, 3.8) is 0 Å². The molecule has 0 saturated carbocycles. The van der Waals surface area contributed by atoms with Crippen molar-refractivity contribution in [2.45, 2.75) is 6.92 Å². The molecule has 0 unspecified atom stereocenters. The molecule has 3 nitrogen and oxygen atoms in total. The summed E-state index contributed by atoms with van der Waals surface area (Å²) < 4.78 is 18.7. The van der Waals surface area contributed by atoms with E-state index in [0.717, 1.165) is 0 Å². The third-order valence-corrected chi connectivity index (χ3v) is 2.46. The van der Waals surface area contributed by atoms with Crippen molar-refractivity contribution in [2.24, 2.45) is 0 Å². The van der Waals surface area contributed by atoms with E-state index in [2.05, 4.69) is 5.32 Å². The lowest BCUT2D eigenvalue weighted by Gasteiger charge is -2.10. The Morgan fingerprint density at radius 3 is 2.72 bits per heavy atom. The van der Waals surface area contributed by atoms with Gasteiger partial charge in [-0.05, 0) is 42.8 Å². The molecule has 0 atom stereocenters. The number of para-hydroxylation sites is 2. The number of amides is 1.